The molecule has 1 aliphatic carbocycles. The van der Waals surface area contributed by atoms with Gasteiger partial charge in [0.1, 0.15) is 0 Å². The van der Waals surface area contributed by atoms with Crippen molar-refractivity contribution < 1.29 is 8.78 Å². The molecule has 1 saturated carbocycles. The zero-order chi connectivity index (χ0) is 14.2. The van der Waals surface area contributed by atoms with Crippen molar-refractivity contribution in [2.75, 3.05) is 31.1 Å². The van der Waals surface area contributed by atoms with Crippen molar-refractivity contribution >= 4 is 5.82 Å². The van der Waals surface area contributed by atoms with E-state index in [1.54, 1.807) is 0 Å². The highest BCUT2D eigenvalue weighted by Gasteiger charge is 2.36. The molecule has 0 aromatic carbocycles. The van der Waals surface area contributed by atoms with Gasteiger partial charge in [-0.05, 0) is 19.8 Å². The van der Waals surface area contributed by atoms with Gasteiger partial charge in [-0.1, -0.05) is 0 Å². The summed E-state index contributed by atoms with van der Waals surface area (Å²) in [6, 6.07) is 2.21. The van der Waals surface area contributed by atoms with E-state index in [2.05, 4.69) is 21.4 Å². The molecule has 1 N–H and O–H groups in total. The minimum atomic E-state index is -2.47. The second-order valence-electron chi connectivity index (χ2n) is 5.91. The number of piperazine rings is 1. The number of hydrogen-bond donors (Lipinski definition) is 1. The largest absolute Gasteiger partial charge is 0.353 e. The molecule has 112 valence electrons. The lowest BCUT2D eigenvalue weighted by atomic mass is 9.92. The minimum Gasteiger partial charge on any atom is -0.353 e. The van der Waals surface area contributed by atoms with Crippen molar-refractivity contribution in [3.05, 3.63) is 11.8 Å². The fourth-order valence-electron chi connectivity index (χ4n) is 3.16. The third-order valence-electron chi connectivity index (χ3n) is 4.38. The van der Waals surface area contributed by atoms with Gasteiger partial charge in [-0.15, -0.1) is 0 Å². The molecule has 1 aliphatic heterocycles. The molecule has 0 radical (unpaired) electrons. The number of aromatic nitrogens is 2. The van der Waals surface area contributed by atoms with Crippen LogP contribution in [0.15, 0.2) is 6.07 Å². The van der Waals surface area contributed by atoms with Crippen LogP contribution in [-0.4, -0.2) is 41.9 Å². The lowest BCUT2D eigenvalue weighted by molar-refractivity contribution is -0.0451. The van der Waals surface area contributed by atoms with Crippen LogP contribution in [0, 0.1) is 6.92 Å². The first kappa shape index (κ1) is 13.8. The lowest BCUT2D eigenvalue weighted by Gasteiger charge is -2.29. The van der Waals surface area contributed by atoms with E-state index in [-0.39, 0.29) is 18.9 Å². The summed E-state index contributed by atoms with van der Waals surface area (Å²) in [5.74, 6) is -1.49. The zero-order valence-electron chi connectivity index (χ0n) is 11.9. The molecule has 0 bridgehead atoms. The maximum absolute atomic E-state index is 13.2. The summed E-state index contributed by atoms with van der Waals surface area (Å²) < 4.78 is 28.5. The molecule has 3 rings (SSSR count). The summed E-state index contributed by atoms with van der Waals surface area (Å²) >= 11 is 0. The van der Waals surface area contributed by atoms with Crippen LogP contribution in [-0.2, 0) is 0 Å². The SMILES string of the molecule is Cc1cc(N2CCNCC2)nn1C1CCC(F)(F)CC1. The molecular weight excluding hydrogens is 262 g/mol. The molecule has 20 heavy (non-hydrogen) atoms. The van der Waals surface area contributed by atoms with Gasteiger partial charge in [-0.25, -0.2) is 8.78 Å². The lowest BCUT2D eigenvalue weighted by Crippen LogP contribution is -2.43. The van der Waals surface area contributed by atoms with Crippen molar-refractivity contribution in [3.8, 4) is 0 Å². The highest BCUT2D eigenvalue weighted by Crippen LogP contribution is 2.39. The number of halogens is 2. The summed E-state index contributed by atoms with van der Waals surface area (Å²) in [4.78, 5) is 2.26. The molecule has 0 spiro atoms. The van der Waals surface area contributed by atoms with Gasteiger partial charge in [-0.3, -0.25) is 4.68 Å². The molecule has 2 heterocycles. The van der Waals surface area contributed by atoms with Gasteiger partial charge in [0.15, 0.2) is 5.82 Å². The van der Waals surface area contributed by atoms with E-state index in [0.717, 1.165) is 37.7 Å². The third kappa shape index (κ3) is 2.80. The smallest absolute Gasteiger partial charge is 0.248 e. The van der Waals surface area contributed by atoms with Crippen LogP contribution in [0.25, 0.3) is 0 Å². The van der Waals surface area contributed by atoms with Crippen LogP contribution < -0.4 is 10.2 Å². The summed E-state index contributed by atoms with van der Waals surface area (Å²) in [6.45, 7) is 5.88. The van der Waals surface area contributed by atoms with Crippen LogP contribution in [0.4, 0.5) is 14.6 Å². The fraction of sp³-hybridized carbons (Fsp3) is 0.786. The number of hydrogen-bond acceptors (Lipinski definition) is 3. The van der Waals surface area contributed by atoms with E-state index in [9.17, 15) is 8.78 Å². The Morgan fingerprint density at radius 2 is 1.90 bits per heavy atom. The molecule has 0 atom stereocenters. The quantitative estimate of drug-likeness (QED) is 0.905. The minimum absolute atomic E-state index is 0.0140. The van der Waals surface area contributed by atoms with Crippen molar-refractivity contribution in [2.45, 2.75) is 44.6 Å². The number of alkyl halides is 2. The van der Waals surface area contributed by atoms with Crippen molar-refractivity contribution in [1.82, 2.24) is 15.1 Å². The number of anilines is 1. The Hall–Kier alpha value is -1.17. The van der Waals surface area contributed by atoms with Gasteiger partial charge < -0.3 is 10.2 Å². The van der Waals surface area contributed by atoms with Gasteiger partial charge in [0, 0.05) is 50.8 Å². The number of aryl methyl sites for hydroxylation is 1. The second-order valence-corrected chi connectivity index (χ2v) is 5.91. The molecule has 2 aliphatic rings. The number of nitrogens with zero attached hydrogens (tertiary/aromatic N) is 3. The molecule has 1 aromatic rings. The van der Waals surface area contributed by atoms with Gasteiger partial charge in [0.05, 0.1) is 6.04 Å². The third-order valence-corrected chi connectivity index (χ3v) is 4.38. The maximum Gasteiger partial charge on any atom is 0.248 e. The zero-order valence-corrected chi connectivity index (χ0v) is 11.9. The van der Waals surface area contributed by atoms with Crippen LogP contribution in [0.3, 0.4) is 0 Å². The van der Waals surface area contributed by atoms with E-state index in [0.29, 0.717) is 12.8 Å². The van der Waals surface area contributed by atoms with Crippen LogP contribution in [0.1, 0.15) is 37.4 Å². The van der Waals surface area contributed by atoms with Crippen LogP contribution in [0.2, 0.25) is 0 Å². The standard InChI is InChI=1S/C14H22F2N4/c1-11-10-13(19-8-6-17-7-9-19)18-20(11)12-2-4-14(15,16)5-3-12/h10,12,17H,2-9H2,1H3. The van der Waals surface area contributed by atoms with Crippen LogP contribution >= 0.6 is 0 Å². The molecule has 1 saturated heterocycles. The van der Waals surface area contributed by atoms with Gasteiger partial charge in [0.25, 0.3) is 0 Å². The molecule has 6 heteroatoms. The topological polar surface area (TPSA) is 33.1 Å². The Balaban J connectivity index is 1.72. The summed E-state index contributed by atoms with van der Waals surface area (Å²) in [7, 11) is 0. The van der Waals surface area contributed by atoms with E-state index in [1.165, 1.54) is 0 Å². The van der Waals surface area contributed by atoms with Gasteiger partial charge >= 0.3 is 0 Å². The van der Waals surface area contributed by atoms with Crippen molar-refractivity contribution in [3.63, 3.8) is 0 Å². The van der Waals surface area contributed by atoms with Crippen molar-refractivity contribution in [2.24, 2.45) is 0 Å². The summed E-state index contributed by atoms with van der Waals surface area (Å²) in [5, 5.41) is 7.99. The van der Waals surface area contributed by atoms with Crippen LogP contribution in [0.5, 0.6) is 0 Å². The monoisotopic (exact) mass is 284 g/mol. The molecule has 0 unspecified atom stereocenters. The summed E-state index contributed by atoms with van der Waals surface area (Å²) in [5.41, 5.74) is 1.08. The van der Waals surface area contributed by atoms with E-state index >= 15 is 0 Å². The average molecular weight is 284 g/mol. The molecule has 4 nitrogen and oxygen atoms in total. The fourth-order valence-corrected chi connectivity index (χ4v) is 3.16. The van der Waals surface area contributed by atoms with Gasteiger partial charge in [0.2, 0.25) is 5.92 Å². The average Bonchev–Trinajstić information content (AvgIpc) is 2.82. The van der Waals surface area contributed by atoms with Crippen molar-refractivity contribution in [1.29, 1.82) is 0 Å². The Labute approximate surface area is 118 Å². The predicted molar refractivity (Wildman–Crippen MR) is 74.5 cm³/mol. The first-order chi connectivity index (χ1) is 9.55. The molecule has 2 fully saturated rings. The predicted octanol–water partition coefficient (Wildman–Crippen LogP) is 2.35. The molecule has 1 aromatic heterocycles. The second kappa shape index (κ2) is 5.31. The Bertz CT molecular complexity index is 456. The number of nitrogens with one attached hydrogen (secondary N) is 1. The maximum atomic E-state index is 13.2. The summed E-state index contributed by atoms with van der Waals surface area (Å²) in [6.07, 6.45) is 1.02. The van der Waals surface area contributed by atoms with E-state index in [4.69, 9.17) is 0 Å². The Morgan fingerprint density at radius 3 is 2.55 bits per heavy atom. The highest BCUT2D eigenvalue weighted by atomic mass is 19.3. The molecular formula is C14H22F2N4. The highest BCUT2D eigenvalue weighted by molar-refractivity contribution is 5.40. The number of rotatable bonds is 2. The van der Waals surface area contributed by atoms with E-state index in [1.807, 2.05) is 11.6 Å². The molecule has 0 amide bonds. The normalized spacial score (nSPS) is 24.1. The Morgan fingerprint density at radius 1 is 1.25 bits per heavy atom. The first-order valence-electron chi connectivity index (χ1n) is 7.45. The van der Waals surface area contributed by atoms with E-state index < -0.39 is 5.92 Å². The Kier molecular flexibility index (Phi) is 3.67. The van der Waals surface area contributed by atoms with Gasteiger partial charge in [-0.2, -0.15) is 5.10 Å². The first-order valence-corrected chi connectivity index (χ1v) is 7.45.